The number of carbonyl (C=O) groups excluding carboxylic acids is 1. The van der Waals surface area contributed by atoms with Crippen molar-refractivity contribution in [2.45, 2.75) is 19.8 Å². The van der Waals surface area contributed by atoms with E-state index < -0.39 is 0 Å². The van der Waals surface area contributed by atoms with Gasteiger partial charge in [0, 0.05) is 32.6 Å². The number of nitrogens with two attached hydrogens (primary N) is 1. The Morgan fingerprint density at radius 3 is 2.92 bits per heavy atom. The minimum Gasteiger partial charge on any atom is -0.329 e. The number of hydrogen-bond acceptors (Lipinski definition) is 3. The number of hydrogen-bond donors (Lipinski definition) is 1. The second-order valence-electron chi connectivity index (χ2n) is 2.96. The molecule has 1 fully saturated rings. The van der Waals surface area contributed by atoms with E-state index in [1.54, 1.807) is 5.01 Å². The SMILES string of the molecule is CCN1C(=O)CCCN1CCN. The van der Waals surface area contributed by atoms with Crippen molar-refractivity contribution in [3.05, 3.63) is 0 Å². The summed E-state index contributed by atoms with van der Waals surface area (Å²) in [5.41, 5.74) is 5.44. The molecule has 0 aromatic carbocycles. The van der Waals surface area contributed by atoms with Crippen molar-refractivity contribution in [2.24, 2.45) is 5.73 Å². The van der Waals surface area contributed by atoms with Crippen molar-refractivity contribution in [1.29, 1.82) is 0 Å². The molecule has 0 aliphatic carbocycles. The fourth-order valence-corrected chi connectivity index (χ4v) is 1.58. The summed E-state index contributed by atoms with van der Waals surface area (Å²) in [6, 6.07) is 0. The number of amides is 1. The molecule has 0 unspecified atom stereocenters. The highest BCUT2D eigenvalue weighted by Gasteiger charge is 2.23. The summed E-state index contributed by atoms with van der Waals surface area (Å²) < 4.78 is 0. The zero-order chi connectivity index (χ0) is 8.97. The number of nitrogens with zero attached hydrogens (tertiary/aromatic N) is 2. The maximum atomic E-state index is 11.4. The molecule has 0 atom stereocenters. The van der Waals surface area contributed by atoms with E-state index in [-0.39, 0.29) is 5.91 Å². The summed E-state index contributed by atoms with van der Waals surface area (Å²) in [4.78, 5) is 11.4. The van der Waals surface area contributed by atoms with Crippen molar-refractivity contribution >= 4 is 5.91 Å². The Morgan fingerprint density at radius 2 is 2.33 bits per heavy atom. The Hall–Kier alpha value is -0.610. The van der Waals surface area contributed by atoms with Gasteiger partial charge in [-0.3, -0.25) is 9.80 Å². The summed E-state index contributed by atoms with van der Waals surface area (Å²) in [5.74, 6) is 0.234. The molecule has 70 valence electrons. The Labute approximate surface area is 73.3 Å². The first-order valence-electron chi connectivity index (χ1n) is 4.55. The third kappa shape index (κ3) is 1.95. The van der Waals surface area contributed by atoms with Crippen LogP contribution in [-0.4, -0.2) is 42.1 Å². The van der Waals surface area contributed by atoms with Gasteiger partial charge < -0.3 is 5.73 Å². The van der Waals surface area contributed by atoms with E-state index in [0.29, 0.717) is 13.0 Å². The van der Waals surface area contributed by atoms with Crippen molar-refractivity contribution in [2.75, 3.05) is 26.2 Å². The number of hydrazine groups is 1. The van der Waals surface area contributed by atoms with E-state index >= 15 is 0 Å². The van der Waals surface area contributed by atoms with Gasteiger partial charge in [0.15, 0.2) is 0 Å². The first-order valence-corrected chi connectivity index (χ1v) is 4.55. The van der Waals surface area contributed by atoms with Gasteiger partial charge in [0.2, 0.25) is 5.91 Å². The summed E-state index contributed by atoms with van der Waals surface area (Å²) in [7, 11) is 0. The third-order valence-electron chi connectivity index (χ3n) is 2.12. The van der Waals surface area contributed by atoms with Gasteiger partial charge in [0.25, 0.3) is 0 Å². The van der Waals surface area contributed by atoms with Crippen molar-refractivity contribution < 1.29 is 4.79 Å². The summed E-state index contributed by atoms with van der Waals surface area (Å²) >= 11 is 0. The molecule has 4 nitrogen and oxygen atoms in total. The lowest BCUT2D eigenvalue weighted by Crippen LogP contribution is -2.51. The minimum atomic E-state index is 0.234. The lowest BCUT2D eigenvalue weighted by atomic mass is 10.2. The fourth-order valence-electron chi connectivity index (χ4n) is 1.58. The van der Waals surface area contributed by atoms with Crippen LogP contribution in [0.2, 0.25) is 0 Å². The van der Waals surface area contributed by atoms with Crippen LogP contribution in [0.5, 0.6) is 0 Å². The predicted octanol–water partition coefficient (Wildman–Crippen LogP) is -0.196. The van der Waals surface area contributed by atoms with Crippen LogP contribution in [0.3, 0.4) is 0 Å². The molecule has 0 aromatic heterocycles. The van der Waals surface area contributed by atoms with Gasteiger partial charge in [-0.25, -0.2) is 5.01 Å². The largest absolute Gasteiger partial charge is 0.329 e. The van der Waals surface area contributed by atoms with Crippen LogP contribution in [0.25, 0.3) is 0 Å². The summed E-state index contributed by atoms with van der Waals surface area (Å²) in [5, 5.41) is 3.85. The van der Waals surface area contributed by atoms with Crippen molar-refractivity contribution in [3.63, 3.8) is 0 Å². The highest BCUT2D eigenvalue weighted by molar-refractivity contribution is 5.76. The quantitative estimate of drug-likeness (QED) is 0.640. The Bertz CT molecular complexity index is 158. The van der Waals surface area contributed by atoms with Crippen LogP contribution in [0.15, 0.2) is 0 Å². The van der Waals surface area contributed by atoms with Crippen molar-refractivity contribution in [3.8, 4) is 0 Å². The van der Waals surface area contributed by atoms with Crippen LogP contribution in [0.1, 0.15) is 19.8 Å². The van der Waals surface area contributed by atoms with Crippen LogP contribution >= 0.6 is 0 Å². The third-order valence-corrected chi connectivity index (χ3v) is 2.12. The number of carbonyl (C=O) groups is 1. The second-order valence-corrected chi connectivity index (χ2v) is 2.96. The normalized spacial score (nSPS) is 20.2. The van der Waals surface area contributed by atoms with Gasteiger partial charge in [-0.1, -0.05) is 0 Å². The molecular weight excluding hydrogens is 154 g/mol. The molecule has 0 bridgehead atoms. The molecule has 1 heterocycles. The molecule has 0 radical (unpaired) electrons. The molecule has 1 rings (SSSR count). The topological polar surface area (TPSA) is 49.6 Å². The molecular formula is C8H17N3O. The van der Waals surface area contributed by atoms with Gasteiger partial charge in [0.1, 0.15) is 0 Å². The van der Waals surface area contributed by atoms with Gasteiger partial charge >= 0.3 is 0 Å². The van der Waals surface area contributed by atoms with E-state index in [9.17, 15) is 4.79 Å². The molecule has 1 saturated heterocycles. The van der Waals surface area contributed by atoms with Crippen LogP contribution in [0, 0.1) is 0 Å². The van der Waals surface area contributed by atoms with Gasteiger partial charge in [0.05, 0.1) is 0 Å². The maximum Gasteiger partial charge on any atom is 0.236 e. The summed E-state index contributed by atoms with van der Waals surface area (Å²) in [6.07, 6.45) is 1.66. The second kappa shape index (κ2) is 4.42. The summed E-state index contributed by atoms with van der Waals surface area (Å²) in [6.45, 7) is 5.13. The smallest absolute Gasteiger partial charge is 0.236 e. The zero-order valence-electron chi connectivity index (χ0n) is 7.62. The molecule has 0 spiro atoms. The number of rotatable bonds is 3. The molecule has 0 saturated carbocycles. The Balaban J connectivity index is 2.51. The molecule has 0 aromatic rings. The Kier molecular flexibility index (Phi) is 3.49. The highest BCUT2D eigenvalue weighted by Crippen LogP contribution is 2.10. The van der Waals surface area contributed by atoms with Gasteiger partial charge in [-0.05, 0) is 13.3 Å². The fraction of sp³-hybridized carbons (Fsp3) is 0.875. The Morgan fingerprint density at radius 1 is 1.58 bits per heavy atom. The lowest BCUT2D eigenvalue weighted by Gasteiger charge is -2.37. The highest BCUT2D eigenvalue weighted by atomic mass is 16.2. The standard InChI is InChI=1S/C8H17N3O/c1-2-11-8(12)4-3-6-10(11)7-5-9/h2-7,9H2,1H3. The van der Waals surface area contributed by atoms with Gasteiger partial charge in [-0.15, -0.1) is 0 Å². The van der Waals surface area contributed by atoms with Crippen molar-refractivity contribution in [1.82, 2.24) is 10.0 Å². The molecule has 1 aliphatic rings. The van der Waals surface area contributed by atoms with Crippen LogP contribution in [-0.2, 0) is 4.79 Å². The molecule has 2 N–H and O–H groups in total. The van der Waals surface area contributed by atoms with E-state index in [4.69, 9.17) is 5.73 Å². The van der Waals surface area contributed by atoms with E-state index in [0.717, 1.165) is 26.1 Å². The molecule has 1 aliphatic heterocycles. The van der Waals surface area contributed by atoms with Crippen LogP contribution in [0.4, 0.5) is 0 Å². The van der Waals surface area contributed by atoms with Gasteiger partial charge in [-0.2, -0.15) is 0 Å². The van der Waals surface area contributed by atoms with E-state index in [1.165, 1.54) is 0 Å². The predicted molar refractivity (Wildman–Crippen MR) is 47.2 cm³/mol. The average molecular weight is 171 g/mol. The first-order chi connectivity index (χ1) is 5.79. The van der Waals surface area contributed by atoms with E-state index in [2.05, 4.69) is 0 Å². The molecule has 12 heavy (non-hydrogen) atoms. The van der Waals surface area contributed by atoms with E-state index in [1.807, 2.05) is 11.9 Å². The average Bonchev–Trinajstić information content (AvgIpc) is 2.05. The van der Waals surface area contributed by atoms with Crippen LogP contribution < -0.4 is 5.73 Å². The lowest BCUT2D eigenvalue weighted by molar-refractivity contribution is -0.154. The molecule has 1 amide bonds. The molecule has 4 heteroatoms. The minimum absolute atomic E-state index is 0.234. The first kappa shape index (κ1) is 9.48. The zero-order valence-corrected chi connectivity index (χ0v) is 7.62. The maximum absolute atomic E-state index is 11.4. The monoisotopic (exact) mass is 171 g/mol.